The van der Waals surface area contributed by atoms with Gasteiger partial charge >= 0.3 is 0 Å². The van der Waals surface area contributed by atoms with Crippen LogP contribution in [0.2, 0.25) is 0 Å². The lowest BCUT2D eigenvalue weighted by molar-refractivity contribution is -0.142. The van der Waals surface area contributed by atoms with Crippen molar-refractivity contribution in [2.75, 3.05) is 19.6 Å². The summed E-state index contributed by atoms with van der Waals surface area (Å²) in [6.07, 6.45) is 0.163. The highest BCUT2D eigenvalue weighted by molar-refractivity contribution is 6.00. The summed E-state index contributed by atoms with van der Waals surface area (Å²) in [5.74, 6) is -10.1. The maximum atomic E-state index is 15.1. The summed E-state index contributed by atoms with van der Waals surface area (Å²) in [4.78, 5) is 162. The molecule has 2 aliphatic heterocycles. The van der Waals surface area contributed by atoms with E-state index in [4.69, 9.17) is 17.2 Å². The van der Waals surface area contributed by atoms with Gasteiger partial charge in [-0.1, -0.05) is 131 Å². The molecule has 2 fully saturated rings. The predicted octanol–water partition coefficient (Wildman–Crippen LogP) is 0.476. The number of carbonyl (C=O) groups is 11. The van der Waals surface area contributed by atoms with E-state index in [0.717, 1.165) is 0 Å². The second-order valence-electron chi connectivity index (χ2n) is 24.4. The number of amides is 11. The molecular weight excluding hydrogens is 1180 g/mol. The lowest BCUT2D eigenvalue weighted by Crippen LogP contribution is -2.62. The number of nitrogens with two attached hydrogens (primary N) is 3. The fraction of sp³-hybridized carbons (Fsp3) is 0.478. The number of primary amides is 1. The molecule has 16 N–H and O–H groups in total. The number of fused-ring (bicyclic) bond motifs is 1. The Morgan fingerprint density at radius 3 is 1.32 bits per heavy atom. The molecule has 11 amide bonds. The SMILES string of the molecule is CC(C)C[C@@H]1NC(=O)[C@H](CCCN)NC(=O)[C@H](C(C)C)NC(=O)[C@H](Cc2ccc(O)cc2)NC(=O)[C@H](CCCCN)NC(=O)[C@H](CC(N)=O)NC(=O)[C@@H](Cc2ccccc2)NC(=O)[C@H](Cc2ccccc2)NC(=O)[C@@H]2CCCN2C(=O)[C@@H](Cc2ccccc2)NC1=O. The van der Waals surface area contributed by atoms with Gasteiger partial charge in [0.2, 0.25) is 65.0 Å². The van der Waals surface area contributed by atoms with Crippen LogP contribution in [-0.4, -0.2) is 155 Å². The zero-order valence-electron chi connectivity index (χ0n) is 52.8. The molecule has 2 aliphatic rings. The molecule has 2 heterocycles. The van der Waals surface area contributed by atoms with E-state index in [1.165, 1.54) is 29.2 Å². The summed E-state index contributed by atoms with van der Waals surface area (Å²) in [5.41, 5.74) is 19.8. The van der Waals surface area contributed by atoms with Crippen LogP contribution in [0.4, 0.5) is 0 Å². The molecule has 4 aromatic carbocycles. The van der Waals surface area contributed by atoms with Crippen LogP contribution in [0, 0.1) is 11.8 Å². The molecule has 0 bridgehead atoms. The van der Waals surface area contributed by atoms with Crippen LogP contribution in [0.15, 0.2) is 115 Å². The molecule has 0 saturated carbocycles. The van der Waals surface area contributed by atoms with Crippen molar-refractivity contribution >= 4 is 65.0 Å². The van der Waals surface area contributed by atoms with E-state index in [1.54, 1.807) is 105 Å². The van der Waals surface area contributed by atoms with Gasteiger partial charge in [-0.25, -0.2) is 0 Å². The third-order valence-electron chi connectivity index (χ3n) is 16.1. The Kier molecular flexibility index (Phi) is 28.1. The maximum absolute atomic E-state index is 15.1. The molecule has 496 valence electrons. The summed E-state index contributed by atoms with van der Waals surface area (Å²) in [6.45, 7) is 7.39. The number of hydrogen-bond donors (Lipinski definition) is 13. The fourth-order valence-corrected chi connectivity index (χ4v) is 11.2. The van der Waals surface area contributed by atoms with Gasteiger partial charge in [0, 0.05) is 32.2 Å². The van der Waals surface area contributed by atoms with Gasteiger partial charge in [-0.05, 0) is 111 Å². The first kappa shape index (κ1) is 71.8. The van der Waals surface area contributed by atoms with Crippen molar-refractivity contribution in [3.05, 3.63) is 138 Å². The number of carbonyl (C=O) groups excluding carboxylic acids is 11. The summed E-state index contributed by atoms with van der Waals surface area (Å²) < 4.78 is 0. The Hall–Kier alpha value is -9.23. The molecule has 4 aromatic rings. The van der Waals surface area contributed by atoms with Crippen molar-refractivity contribution in [3.63, 3.8) is 0 Å². The first-order valence-corrected chi connectivity index (χ1v) is 31.7. The van der Waals surface area contributed by atoms with Gasteiger partial charge in [0.05, 0.1) is 6.42 Å². The number of nitrogens with zero attached hydrogens (tertiary/aromatic N) is 1. The number of phenolic OH excluding ortho intramolecular Hbond substituents is 1. The van der Waals surface area contributed by atoms with E-state index in [9.17, 15) is 53.1 Å². The van der Waals surface area contributed by atoms with Crippen molar-refractivity contribution in [2.45, 2.75) is 172 Å². The van der Waals surface area contributed by atoms with Crippen molar-refractivity contribution in [1.82, 2.24) is 52.8 Å². The minimum atomic E-state index is -1.75. The minimum Gasteiger partial charge on any atom is -0.508 e. The number of unbranched alkanes of at least 4 members (excludes halogenated alkanes) is 1. The third kappa shape index (κ3) is 22.3. The number of benzene rings is 4. The molecule has 0 radical (unpaired) electrons. The standard InChI is InChI=1S/C67H91N13O12/c1-40(2)34-49-60(85)78-54(38-44-22-12-7-13-23-44)67(92)80-33-17-26-55(80)65(90)77-51(36-43-20-10-6-11-21-43)62(87)75-50(35-42-18-8-5-9-19-42)61(86)76-53(39-56(70)82)63(88)71-47(24-14-15-31-68)58(83)74-52(37-45-27-29-46(81)30-28-45)64(89)79-57(41(3)4)66(91)72-48(25-16-32-69)59(84)73-49/h5-13,18-23,27-30,40-41,47-55,57,81H,14-17,24-26,31-39,68-69H2,1-4H3,(H2,70,82)(H,71,88)(H,72,91)(H,73,84)(H,74,83)(H,75,87)(H,76,86)(H,77,90)(H,78,85)(H,79,89)/t47-,48-,49-,50+,51-,52-,53-,54+,55-,57-/m0/s1. The third-order valence-corrected chi connectivity index (χ3v) is 16.1. The Morgan fingerprint density at radius 1 is 0.457 bits per heavy atom. The predicted molar refractivity (Wildman–Crippen MR) is 344 cm³/mol. The van der Waals surface area contributed by atoms with Gasteiger partial charge in [-0.2, -0.15) is 0 Å². The van der Waals surface area contributed by atoms with Crippen LogP contribution in [0.1, 0.15) is 108 Å². The summed E-state index contributed by atoms with van der Waals surface area (Å²) in [6, 6.07) is 18.1. The zero-order valence-corrected chi connectivity index (χ0v) is 52.8. The first-order chi connectivity index (χ1) is 44.0. The molecule has 0 aromatic heterocycles. The van der Waals surface area contributed by atoms with Crippen molar-refractivity contribution in [2.24, 2.45) is 29.0 Å². The lowest BCUT2D eigenvalue weighted by Gasteiger charge is -2.32. The Morgan fingerprint density at radius 2 is 0.837 bits per heavy atom. The largest absolute Gasteiger partial charge is 0.508 e. The first-order valence-electron chi connectivity index (χ1n) is 31.7. The number of rotatable bonds is 20. The molecule has 0 spiro atoms. The van der Waals surface area contributed by atoms with Gasteiger partial charge in [-0.15, -0.1) is 0 Å². The van der Waals surface area contributed by atoms with Gasteiger partial charge in [0.15, 0.2) is 0 Å². The van der Waals surface area contributed by atoms with Crippen molar-refractivity contribution < 1.29 is 57.8 Å². The van der Waals surface area contributed by atoms with Crippen molar-refractivity contribution in [1.29, 1.82) is 0 Å². The smallest absolute Gasteiger partial charge is 0.246 e. The van der Waals surface area contributed by atoms with Gasteiger partial charge < -0.3 is 75.1 Å². The van der Waals surface area contributed by atoms with Gasteiger partial charge in [-0.3, -0.25) is 52.7 Å². The van der Waals surface area contributed by atoms with E-state index in [-0.39, 0.29) is 95.5 Å². The van der Waals surface area contributed by atoms with Crippen LogP contribution in [-0.2, 0) is 78.4 Å². The highest BCUT2D eigenvalue weighted by Gasteiger charge is 2.42. The van der Waals surface area contributed by atoms with Gasteiger partial charge in [0.25, 0.3) is 0 Å². The van der Waals surface area contributed by atoms with E-state index in [0.29, 0.717) is 35.1 Å². The van der Waals surface area contributed by atoms with Crippen LogP contribution in [0.5, 0.6) is 5.75 Å². The lowest BCUT2D eigenvalue weighted by atomic mass is 9.98. The monoisotopic (exact) mass is 1270 g/mol. The molecule has 6 rings (SSSR count). The molecule has 92 heavy (non-hydrogen) atoms. The molecule has 0 aliphatic carbocycles. The van der Waals surface area contributed by atoms with Crippen LogP contribution < -0.4 is 65.1 Å². The highest BCUT2D eigenvalue weighted by atomic mass is 16.3. The Balaban J connectivity index is 1.46. The Labute approximate surface area is 537 Å². The normalized spacial score (nSPS) is 24.0. The number of nitrogens with one attached hydrogen (secondary N) is 9. The zero-order chi connectivity index (χ0) is 66.9. The average Bonchev–Trinajstić information content (AvgIpc) is 1.56. The Bertz CT molecular complexity index is 3140. The van der Waals surface area contributed by atoms with Crippen molar-refractivity contribution in [3.8, 4) is 5.75 Å². The van der Waals surface area contributed by atoms with E-state index in [2.05, 4.69) is 47.9 Å². The molecule has 25 heteroatoms. The molecule has 0 unspecified atom stereocenters. The quantitative estimate of drug-likeness (QED) is 0.0536. The topological polar surface area (TPSA) is 398 Å². The molecular formula is C67H91N13O12. The van der Waals surface area contributed by atoms with Crippen LogP contribution in [0.3, 0.4) is 0 Å². The minimum absolute atomic E-state index is 0.000699. The van der Waals surface area contributed by atoms with Crippen LogP contribution in [0.25, 0.3) is 0 Å². The fourth-order valence-electron chi connectivity index (χ4n) is 11.2. The molecule has 2 saturated heterocycles. The number of aromatic hydroxyl groups is 1. The van der Waals surface area contributed by atoms with Gasteiger partial charge in [0.1, 0.15) is 66.2 Å². The number of hydrogen-bond acceptors (Lipinski definition) is 14. The van der Waals surface area contributed by atoms with E-state index in [1.807, 2.05) is 13.8 Å². The molecule has 10 atom stereocenters. The maximum Gasteiger partial charge on any atom is 0.246 e. The second kappa shape index (κ2) is 36.0. The highest BCUT2D eigenvalue weighted by Crippen LogP contribution is 2.22. The molecule has 25 nitrogen and oxygen atoms in total. The second-order valence-corrected chi connectivity index (χ2v) is 24.4. The number of phenols is 1. The summed E-state index contributed by atoms with van der Waals surface area (Å²) in [5, 5.41) is 34.9. The summed E-state index contributed by atoms with van der Waals surface area (Å²) >= 11 is 0. The van der Waals surface area contributed by atoms with E-state index < -0.39 is 138 Å². The van der Waals surface area contributed by atoms with Crippen LogP contribution >= 0.6 is 0 Å². The van der Waals surface area contributed by atoms with E-state index >= 15 is 4.79 Å². The summed E-state index contributed by atoms with van der Waals surface area (Å²) in [7, 11) is 0. The average molecular weight is 1270 g/mol.